The highest BCUT2D eigenvalue weighted by atomic mass is 35.5. The number of aromatic nitrogens is 2. The van der Waals surface area contributed by atoms with Crippen LogP contribution >= 0.6 is 11.6 Å². The highest BCUT2D eigenvalue weighted by Gasteiger charge is 2.48. The third-order valence-electron chi connectivity index (χ3n) is 14.8. The van der Waals surface area contributed by atoms with E-state index in [9.17, 15) is 44.7 Å². The summed E-state index contributed by atoms with van der Waals surface area (Å²) in [6.07, 6.45) is 8.74. The van der Waals surface area contributed by atoms with Crippen LogP contribution in [0.15, 0.2) is 125 Å². The fourth-order valence-corrected chi connectivity index (χ4v) is 12.6. The quantitative estimate of drug-likeness (QED) is 0.0593. The lowest BCUT2D eigenvalue weighted by molar-refractivity contribution is -0.139. The Hall–Kier alpha value is -6.81. The van der Waals surface area contributed by atoms with E-state index in [0.29, 0.717) is 66.8 Å². The highest BCUT2D eigenvalue weighted by Crippen LogP contribution is 2.44. The fraction of sp³-hybridized carbons (Fsp3) is 0.375. The first kappa shape index (κ1) is 55.9. The number of piperidine rings is 1. The second-order valence-corrected chi connectivity index (χ2v) is 24.9. The minimum atomic E-state index is -6.12. The van der Waals surface area contributed by atoms with E-state index < -0.39 is 58.8 Å². The van der Waals surface area contributed by atoms with E-state index in [1.807, 2.05) is 50.9 Å². The van der Waals surface area contributed by atoms with Crippen molar-refractivity contribution in [2.45, 2.75) is 80.1 Å². The van der Waals surface area contributed by atoms with Crippen molar-refractivity contribution in [3.05, 3.63) is 131 Å². The SMILES string of the molecule is CN(CCCNc1ccc(S(=O)(=O)NC(=O)c2ccc(N3CCN(CC4=C(c5ccc(Cl)cc5)CC(C)(C)CC4)CC3)cc2Oc2cnc3[nH]ccc3c2)cc1S(=O)(=O)C(F)(F)F)c1ccc(N2CCCCC2C(=O)O)cc1. The van der Waals surface area contributed by atoms with Gasteiger partial charge < -0.3 is 34.8 Å². The molecule has 2 saturated heterocycles. The van der Waals surface area contributed by atoms with E-state index in [2.05, 4.69) is 51.1 Å². The number of pyridine rings is 1. The number of ether oxygens (including phenoxy) is 1. The zero-order chi connectivity index (χ0) is 55.6. The van der Waals surface area contributed by atoms with Gasteiger partial charge in [-0.1, -0.05) is 43.2 Å². The van der Waals surface area contributed by atoms with Crippen LogP contribution in [0.2, 0.25) is 5.02 Å². The maximum Gasteiger partial charge on any atom is 0.501 e. The minimum Gasteiger partial charge on any atom is -0.480 e. The molecule has 4 heterocycles. The molecule has 2 aliphatic heterocycles. The van der Waals surface area contributed by atoms with Crippen LogP contribution in [0, 0.1) is 5.41 Å². The maximum absolute atomic E-state index is 14.2. The molecule has 78 heavy (non-hydrogen) atoms. The van der Waals surface area contributed by atoms with Crippen LogP contribution in [0.5, 0.6) is 11.5 Å². The van der Waals surface area contributed by atoms with Crippen molar-refractivity contribution in [2.75, 3.05) is 79.4 Å². The molecule has 414 valence electrons. The molecule has 4 aromatic carbocycles. The molecule has 0 spiro atoms. The number of piperazine rings is 1. The van der Waals surface area contributed by atoms with Gasteiger partial charge in [0.25, 0.3) is 25.8 Å². The number of nitrogens with zero attached hydrogens (tertiary/aromatic N) is 5. The third kappa shape index (κ3) is 12.7. The molecule has 9 rings (SSSR count). The molecule has 22 heteroatoms. The van der Waals surface area contributed by atoms with Gasteiger partial charge in [-0.2, -0.15) is 13.2 Å². The molecular formula is C56H62ClF3N8O8S2. The first-order valence-corrected chi connectivity index (χ1v) is 29.2. The Kier molecular flexibility index (Phi) is 16.4. The van der Waals surface area contributed by atoms with Crippen LogP contribution in [-0.2, 0) is 24.7 Å². The number of aliphatic carboxylic acids is 1. The number of hydrogen-bond acceptors (Lipinski definition) is 13. The predicted molar refractivity (Wildman–Crippen MR) is 297 cm³/mol. The van der Waals surface area contributed by atoms with Crippen molar-refractivity contribution in [3.63, 3.8) is 0 Å². The van der Waals surface area contributed by atoms with Crippen LogP contribution in [0.1, 0.15) is 74.7 Å². The average molecular weight is 1130 g/mol. The Morgan fingerprint density at radius 3 is 2.36 bits per heavy atom. The van der Waals surface area contributed by atoms with Gasteiger partial charge in [-0.3, -0.25) is 9.69 Å². The number of alkyl halides is 3. The Morgan fingerprint density at radius 2 is 1.64 bits per heavy atom. The summed E-state index contributed by atoms with van der Waals surface area (Å²) in [6.45, 7) is 9.12. The van der Waals surface area contributed by atoms with Gasteiger partial charge in [0.15, 0.2) is 0 Å². The van der Waals surface area contributed by atoms with Crippen LogP contribution in [0.3, 0.4) is 0 Å². The number of nitrogens with one attached hydrogen (secondary N) is 3. The monoisotopic (exact) mass is 1130 g/mol. The van der Waals surface area contributed by atoms with Gasteiger partial charge in [0.2, 0.25) is 0 Å². The molecule has 1 aliphatic carbocycles. The van der Waals surface area contributed by atoms with Gasteiger partial charge in [0.1, 0.15) is 28.1 Å². The topological polar surface area (TPSA) is 198 Å². The number of carboxylic acids is 1. The standard InChI is InChI=1S/C56H62ClF3N8O8S2/c1-55(2)22-20-39(47(34-55)37-8-10-40(57)11-9-37)36-66-27-29-67(30-28-66)43-16-18-46(50(32-43)76-44-31-38-21-24-62-52(38)63-35-44)53(69)64-78(74,75)45-17-19-48(51(33-45)77(72,73)56(58,59)60)61-23-6-25-65(3)41-12-14-42(15-13-41)68-26-5-4-7-49(68)54(70)71/h8-19,21,24,31-33,35,49,61H,4-7,20,22-23,25-30,34,36H2,1-3H3,(H,62,63)(H,64,69)(H,70,71). The summed E-state index contributed by atoms with van der Waals surface area (Å²) in [7, 11) is -9.35. The summed E-state index contributed by atoms with van der Waals surface area (Å²) in [5.74, 6) is -1.86. The van der Waals surface area contributed by atoms with Crippen molar-refractivity contribution in [2.24, 2.45) is 5.41 Å². The molecule has 4 N–H and O–H groups in total. The van der Waals surface area contributed by atoms with E-state index >= 15 is 0 Å². The van der Waals surface area contributed by atoms with Crippen LogP contribution in [0.25, 0.3) is 16.6 Å². The van der Waals surface area contributed by atoms with Gasteiger partial charge in [0.05, 0.1) is 22.3 Å². The number of amides is 1. The number of sulfonamides is 1. The van der Waals surface area contributed by atoms with Crippen molar-refractivity contribution in [1.82, 2.24) is 19.6 Å². The number of allylic oxidation sites excluding steroid dienone is 1. The number of carbonyl (C=O) groups is 2. The van der Waals surface area contributed by atoms with Crippen LogP contribution in [-0.4, -0.2) is 120 Å². The average Bonchev–Trinajstić information content (AvgIpc) is 3.91. The van der Waals surface area contributed by atoms with E-state index in [-0.39, 0.29) is 29.0 Å². The summed E-state index contributed by atoms with van der Waals surface area (Å²) in [4.78, 5) is 39.4. The number of anilines is 4. The second-order valence-electron chi connectivity index (χ2n) is 20.9. The number of carbonyl (C=O) groups excluding carboxylic acids is 1. The van der Waals surface area contributed by atoms with E-state index in [4.69, 9.17) is 16.3 Å². The molecule has 1 atom stereocenters. The summed E-state index contributed by atoms with van der Waals surface area (Å²) in [6, 6.07) is 25.1. The summed E-state index contributed by atoms with van der Waals surface area (Å²) in [5, 5.41) is 13.8. The summed E-state index contributed by atoms with van der Waals surface area (Å²) < 4.78 is 105. The van der Waals surface area contributed by atoms with Crippen molar-refractivity contribution >= 4 is 82.7 Å². The maximum atomic E-state index is 14.2. The number of carboxylic acid groups (broad SMARTS) is 1. The molecule has 6 aromatic rings. The third-order valence-corrected chi connectivity index (χ3v) is 17.9. The molecule has 1 unspecified atom stereocenters. The van der Waals surface area contributed by atoms with Crippen molar-refractivity contribution in [3.8, 4) is 11.5 Å². The normalized spacial score (nSPS) is 17.5. The Bertz CT molecular complexity index is 3440. The number of rotatable bonds is 18. The van der Waals surface area contributed by atoms with E-state index in [1.165, 1.54) is 29.0 Å². The summed E-state index contributed by atoms with van der Waals surface area (Å²) >= 11 is 6.25. The van der Waals surface area contributed by atoms with E-state index in [0.717, 1.165) is 75.2 Å². The molecule has 1 amide bonds. The smallest absolute Gasteiger partial charge is 0.480 e. The molecule has 0 saturated carbocycles. The molecule has 3 aliphatic rings. The summed E-state index contributed by atoms with van der Waals surface area (Å²) in [5.41, 5.74) is 0.434. The molecule has 2 aromatic heterocycles. The first-order valence-electron chi connectivity index (χ1n) is 25.8. The lowest BCUT2D eigenvalue weighted by Crippen LogP contribution is -2.47. The number of hydrogen-bond donors (Lipinski definition) is 4. The Balaban J connectivity index is 0.898. The van der Waals surface area contributed by atoms with Crippen LogP contribution in [0.4, 0.5) is 35.9 Å². The lowest BCUT2D eigenvalue weighted by atomic mass is 9.72. The molecule has 0 bridgehead atoms. The van der Waals surface area contributed by atoms with E-state index in [1.54, 1.807) is 37.5 Å². The zero-order valence-electron chi connectivity index (χ0n) is 43.4. The Morgan fingerprint density at radius 1 is 0.910 bits per heavy atom. The van der Waals surface area contributed by atoms with Crippen LogP contribution < -0.4 is 29.5 Å². The van der Waals surface area contributed by atoms with Gasteiger partial charge in [-0.25, -0.2) is 31.3 Å². The number of H-pyrrole nitrogens is 1. The highest BCUT2D eigenvalue weighted by molar-refractivity contribution is 7.92. The predicted octanol–water partition coefficient (Wildman–Crippen LogP) is 10.6. The van der Waals surface area contributed by atoms with Gasteiger partial charge in [-0.15, -0.1) is 0 Å². The molecule has 0 radical (unpaired) electrons. The second kappa shape index (κ2) is 22.9. The number of fused-ring (bicyclic) bond motifs is 1. The largest absolute Gasteiger partial charge is 0.501 e. The van der Waals surface area contributed by atoms with Gasteiger partial charge in [-0.05, 0) is 140 Å². The number of sulfone groups is 1. The first-order chi connectivity index (χ1) is 37.0. The van der Waals surface area contributed by atoms with Crippen molar-refractivity contribution < 1.29 is 49.4 Å². The van der Waals surface area contributed by atoms with Crippen molar-refractivity contribution in [1.29, 1.82) is 0 Å². The van der Waals surface area contributed by atoms with Gasteiger partial charge >= 0.3 is 11.5 Å². The molecular weight excluding hydrogens is 1070 g/mol. The lowest BCUT2D eigenvalue weighted by Gasteiger charge is -2.39. The Labute approximate surface area is 457 Å². The number of aromatic amines is 1. The van der Waals surface area contributed by atoms with Gasteiger partial charge in [0, 0.05) is 99.1 Å². The molecule has 16 nitrogen and oxygen atoms in total. The number of halogens is 4. The zero-order valence-corrected chi connectivity index (χ0v) is 45.8. The fourth-order valence-electron chi connectivity index (χ4n) is 10.4. The molecule has 2 fully saturated rings. The minimum absolute atomic E-state index is 0.0104. The number of benzene rings is 4.